The molecule has 0 saturated heterocycles. The summed E-state index contributed by atoms with van der Waals surface area (Å²) in [5.74, 6) is -0.233. The highest BCUT2D eigenvalue weighted by Gasteiger charge is 2.18. The molecule has 0 saturated carbocycles. The van der Waals surface area contributed by atoms with Crippen molar-refractivity contribution in [1.82, 2.24) is 5.32 Å². The second kappa shape index (κ2) is 6.88. The first-order valence-corrected chi connectivity index (χ1v) is 7.56. The number of carbonyl (C=O) groups is 1. The number of amides is 1. The molecule has 0 aliphatic carbocycles. The van der Waals surface area contributed by atoms with Crippen LogP contribution < -0.4 is 5.32 Å². The van der Waals surface area contributed by atoms with Crippen molar-refractivity contribution >= 4 is 28.8 Å². The van der Waals surface area contributed by atoms with E-state index in [-0.39, 0.29) is 18.6 Å². The van der Waals surface area contributed by atoms with Gasteiger partial charge in [-0.25, -0.2) is 0 Å². The Bertz CT molecular complexity index is 583. The summed E-state index contributed by atoms with van der Waals surface area (Å²) in [6, 6.07) is 9.43. The monoisotopic (exact) mass is 309 g/mol. The number of aliphatic hydroxyl groups is 1. The molecule has 20 heavy (non-hydrogen) atoms. The first-order chi connectivity index (χ1) is 9.61. The van der Waals surface area contributed by atoms with Crippen molar-refractivity contribution in [2.24, 2.45) is 0 Å². The molecule has 106 valence electrons. The summed E-state index contributed by atoms with van der Waals surface area (Å²) in [7, 11) is 0. The maximum Gasteiger partial charge on any atom is 0.263 e. The number of thiophene rings is 1. The van der Waals surface area contributed by atoms with Gasteiger partial charge < -0.3 is 10.4 Å². The van der Waals surface area contributed by atoms with Crippen LogP contribution in [0.15, 0.2) is 35.7 Å². The molecule has 1 aromatic heterocycles. The second-order valence-electron chi connectivity index (χ2n) is 4.60. The van der Waals surface area contributed by atoms with Gasteiger partial charge in [-0.1, -0.05) is 41.9 Å². The van der Waals surface area contributed by atoms with Crippen LogP contribution in [0.5, 0.6) is 0 Å². The summed E-state index contributed by atoms with van der Waals surface area (Å²) in [5, 5.41) is 14.6. The number of hydrogen-bond donors (Lipinski definition) is 2. The van der Waals surface area contributed by atoms with E-state index in [9.17, 15) is 9.90 Å². The third kappa shape index (κ3) is 3.60. The van der Waals surface area contributed by atoms with Crippen molar-refractivity contribution < 1.29 is 9.90 Å². The van der Waals surface area contributed by atoms with Gasteiger partial charge in [-0.2, -0.15) is 0 Å². The van der Waals surface area contributed by atoms with E-state index in [0.717, 1.165) is 11.1 Å². The zero-order valence-electron chi connectivity index (χ0n) is 11.1. The zero-order chi connectivity index (χ0) is 14.5. The third-order valence-electron chi connectivity index (χ3n) is 2.99. The van der Waals surface area contributed by atoms with Crippen molar-refractivity contribution in [1.29, 1.82) is 0 Å². The average Bonchev–Trinajstić information content (AvgIpc) is 2.79. The standard InChI is InChI=1S/C15H16ClNO2S/c1-10-9-20-14(13(10)16)15(19)17-12(8-18)7-11-5-3-2-4-6-11/h2-6,9,12,18H,7-8H2,1H3,(H,17,19)/t12-/m1/s1. The van der Waals surface area contributed by atoms with Gasteiger partial charge in [0.25, 0.3) is 5.91 Å². The predicted molar refractivity (Wildman–Crippen MR) is 82.6 cm³/mol. The molecule has 1 aromatic carbocycles. The second-order valence-corrected chi connectivity index (χ2v) is 5.86. The Kier molecular flexibility index (Phi) is 5.17. The van der Waals surface area contributed by atoms with E-state index in [1.165, 1.54) is 11.3 Å². The van der Waals surface area contributed by atoms with Crippen molar-refractivity contribution in [3.8, 4) is 0 Å². The Balaban J connectivity index is 2.03. The highest BCUT2D eigenvalue weighted by Crippen LogP contribution is 2.27. The summed E-state index contributed by atoms with van der Waals surface area (Å²) < 4.78 is 0. The van der Waals surface area contributed by atoms with Gasteiger partial charge in [0.1, 0.15) is 4.88 Å². The van der Waals surface area contributed by atoms with Gasteiger partial charge in [0, 0.05) is 0 Å². The lowest BCUT2D eigenvalue weighted by molar-refractivity contribution is 0.0920. The molecule has 0 spiro atoms. The Hall–Kier alpha value is -1.36. The van der Waals surface area contributed by atoms with Crippen LogP contribution in [0.4, 0.5) is 0 Å². The first kappa shape index (κ1) is 15.0. The van der Waals surface area contributed by atoms with Crippen LogP contribution in [0, 0.1) is 6.92 Å². The SMILES string of the molecule is Cc1csc(C(=O)N[C@@H](CO)Cc2ccccc2)c1Cl. The smallest absolute Gasteiger partial charge is 0.263 e. The van der Waals surface area contributed by atoms with E-state index in [1.807, 2.05) is 42.6 Å². The topological polar surface area (TPSA) is 49.3 Å². The minimum atomic E-state index is -0.316. The first-order valence-electron chi connectivity index (χ1n) is 6.31. The number of aliphatic hydroxyl groups excluding tert-OH is 1. The molecule has 0 bridgehead atoms. The summed E-state index contributed by atoms with van der Waals surface area (Å²) in [6.07, 6.45) is 0.588. The van der Waals surface area contributed by atoms with Crippen molar-refractivity contribution in [2.75, 3.05) is 6.61 Å². The fourth-order valence-electron chi connectivity index (χ4n) is 1.89. The van der Waals surface area contributed by atoms with Crippen LogP contribution in [0.1, 0.15) is 20.8 Å². The van der Waals surface area contributed by atoms with E-state index in [0.29, 0.717) is 16.3 Å². The number of hydrogen-bond acceptors (Lipinski definition) is 3. The normalized spacial score (nSPS) is 12.2. The molecular weight excluding hydrogens is 294 g/mol. The molecule has 2 N–H and O–H groups in total. The average molecular weight is 310 g/mol. The fraction of sp³-hybridized carbons (Fsp3) is 0.267. The van der Waals surface area contributed by atoms with E-state index in [1.54, 1.807) is 0 Å². The molecule has 0 aliphatic heterocycles. The number of rotatable bonds is 5. The predicted octanol–water partition coefficient (Wildman–Crippen LogP) is 3.04. The zero-order valence-corrected chi connectivity index (χ0v) is 12.7. The maximum atomic E-state index is 12.1. The molecule has 2 rings (SSSR count). The lowest BCUT2D eigenvalue weighted by atomic mass is 10.1. The molecule has 0 aliphatic rings. The lowest BCUT2D eigenvalue weighted by Gasteiger charge is -2.16. The molecular formula is C15H16ClNO2S. The van der Waals surface area contributed by atoms with Crippen molar-refractivity contribution in [3.63, 3.8) is 0 Å². The van der Waals surface area contributed by atoms with Crippen molar-refractivity contribution in [3.05, 3.63) is 56.7 Å². The summed E-state index contributed by atoms with van der Waals surface area (Å²) in [4.78, 5) is 12.6. The van der Waals surface area contributed by atoms with Gasteiger partial charge in [-0.15, -0.1) is 11.3 Å². The van der Waals surface area contributed by atoms with Gasteiger partial charge in [0.2, 0.25) is 0 Å². The number of benzene rings is 1. The number of halogens is 1. The van der Waals surface area contributed by atoms with Gasteiger partial charge in [0.15, 0.2) is 0 Å². The molecule has 1 heterocycles. The molecule has 2 aromatic rings. The molecule has 3 nitrogen and oxygen atoms in total. The minimum absolute atomic E-state index is 0.109. The highest BCUT2D eigenvalue weighted by atomic mass is 35.5. The van der Waals surface area contributed by atoms with Gasteiger partial charge in [-0.05, 0) is 29.9 Å². The minimum Gasteiger partial charge on any atom is -0.394 e. The van der Waals surface area contributed by atoms with E-state index in [2.05, 4.69) is 5.32 Å². The summed E-state index contributed by atoms with van der Waals surface area (Å²) in [6.45, 7) is 1.76. The summed E-state index contributed by atoms with van der Waals surface area (Å²) in [5.41, 5.74) is 1.96. The quantitative estimate of drug-likeness (QED) is 0.892. The molecule has 0 fully saturated rings. The van der Waals surface area contributed by atoms with Crippen LogP contribution in [0.25, 0.3) is 0 Å². The number of carbonyl (C=O) groups excluding carboxylic acids is 1. The largest absolute Gasteiger partial charge is 0.394 e. The van der Waals surface area contributed by atoms with Crippen molar-refractivity contribution in [2.45, 2.75) is 19.4 Å². The van der Waals surface area contributed by atoms with Crippen LogP contribution in [-0.2, 0) is 6.42 Å². The Morgan fingerprint density at radius 2 is 2.10 bits per heavy atom. The Morgan fingerprint density at radius 3 is 2.65 bits per heavy atom. The van der Waals surface area contributed by atoms with Crippen LogP contribution >= 0.6 is 22.9 Å². The maximum absolute atomic E-state index is 12.1. The number of nitrogens with one attached hydrogen (secondary N) is 1. The van der Waals surface area contributed by atoms with Gasteiger partial charge in [0.05, 0.1) is 17.7 Å². The number of aryl methyl sites for hydroxylation is 1. The molecule has 0 unspecified atom stereocenters. The highest BCUT2D eigenvalue weighted by molar-refractivity contribution is 7.13. The molecule has 0 radical (unpaired) electrons. The fourth-order valence-corrected chi connectivity index (χ4v) is 3.08. The van der Waals surface area contributed by atoms with Crippen LogP contribution in [0.3, 0.4) is 0 Å². The summed E-state index contributed by atoms with van der Waals surface area (Å²) >= 11 is 7.39. The molecule has 1 amide bonds. The lowest BCUT2D eigenvalue weighted by Crippen LogP contribution is -2.38. The Morgan fingerprint density at radius 1 is 1.40 bits per heavy atom. The van der Waals surface area contributed by atoms with E-state index < -0.39 is 0 Å². The molecule has 5 heteroatoms. The van der Waals surface area contributed by atoms with E-state index >= 15 is 0 Å². The third-order valence-corrected chi connectivity index (χ3v) is 4.68. The molecule has 1 atom stereocenters. The Labute approximate surface area is 127 Å². The van der Waals surface area contributed by atoms with Gasteiger partial charge in [-0.3, -0.25) is 4.79 Å². The van der Waals surface area contributed by atoms with Gasteiger partial charge >= 0.3 is 0 Å². The van der Waals surface area contributed by atoms with E-state index in [4.69, 9.17) is 11.6 Å². The van der Waals surface area contributed by atoms with Crippen LogP contribution in [-0.4, -0.2) is 23.7 Å². The van der Waals surface area contributed by atoms with Crippen LogP contribution in [0.2, 0.25) is 5.02 Å².